The number of rotatable bonds is 9. The molecule has 0 spiro atoms. The lowest BCUT2D eigenvalue weighted by Crippen LogP contribution is -2.32. The van der Waals surface area contributed by atoms with Gasteiger partial charge in [-0.05, 0) is 17.7 Å². The van der Waals surface area contributed by atoms with Crippen LogP contribution in [0, 0.1) is 0 Å². The molecule has 2 N–H and O–H groups in total. The predicted octanol–water partition coefficient (Wildman–Crippen LogP) is 2.98. The van der Waals surface area contributed by atoms with Crippen LogP contribution in [-0.4, -0.2) is 64.2 Å². The molecule has 3 rings (SSSR count). The Labute approximate surface area is 204 Å². The second-order valence-electron chi connectivity index (χ2n) is 6.88. The minimum Gasteiger partial charge on any atom is -0.480 e. The Kier molecular flexibility index (Phi) is 8.03. The van der Waals surface area contributed by atoms with Crippen LogP contribution in [0.2, 0.25) is 10.0 Å². The van der Waals surface area contributed by atoms with Crippen molar-refractivity contribution >= 4 is 46.7 Å². The molecule has 3 aromatic rings. The number of benzene rings is 1. The van der Waals surface area contributed by atoms with E-state index >= 15 is 0 Å². The highest BCUT2D eigenvalue weighted by atomic mass is 35.5. The lowest BCUT2D eigenvalue weighted by Gasteiger charge is -2.19. The van der Waals surface area contributed by atoms with Gasteiger partial charge in [-0.15, -0.1) is 4.98 Å². The summed E-state index contributed by atoms with van der Waals surface area (Å²) in [5.74, 6) is -1.53. The number of halogens is 2. The van der Waals surface area contributed by atoms with Crippen LogP contribution in [0.15, 0.2) is 36.7 Å². The molecule has 0 radical (unpaired) electrons. The van der Waals surface area contributed by atoms with Crippen LogP contribution in [0.25, 0.3) is 0 Å². The summed E-state index contributed by atoms with van der Waals surface area (Å²) in [6.07, 6.45) is 2.79. The van der Waals surface area contributed by atoms with Crippen LogP contribution < -0.4 is 19.7 Å². The summed E-state index contributed by atoms with van der Waals surface area (Å²) in [5, 5.41) is 12.7. The first-order valence-corrected chi connectivity index (χ1v) is 10.5. The number of anilines is 2. The van der Waals surface area contributed by atoms with Crippen molar-refractivity contribution in [2.45, 2.75) is 12.5 Å². The summed E-state index contributed by atoms with van der Waals surface area (Å²) in [5.41, 5.74) is 1.39. The number of nitrogens with one attached hydrogen (secondary N) is 1. The number of carbonyl (C=O) groups is 2. The molecule has 2 heterocycles. The molecular formula is C21H20Cl2N6O5. The molecule has 0 aliphatic carbocycles. The molecule has 1 aromatic carbocycles. The smallest absolute Gasteiger partial charge is 0.326 e. The van der Waals surface area contributed by atoms with Crippen LogP contribution in [0.3, 0.4) is 0 Å². The van der Waals surface area contributed by atoms with Crippen molar-refractivity contribution in [2.75, 3.05) is 31.5 Å². The number of amides is 1. The third-order valence-electron chi connectivity index (χ3n) is 4.70. The van der Waals surface area contributed by atoms with Gasteiger partial charge in [-0.25, -0.2) is 4.79 Å². The van der Waals surface area contributed by atoms with Gasteiger partial charge in [-0.2, -0.15) is 9.97 Å². The molecule has 34 heavy (non-hydrogen) atoms. The molecule has 0 unspecified atom stereocenters. The van der Waals surface area contributed by atoms with Gasteiger partial charge in [0.05, 0.1) is 29.8 Å². The van der Waals surface area contributed by atoms with Gasteiger partial charge in [0.25, 0.3) is 5.91 Å². The standard InChI is InChI=1S/C21H20Cl2N6O5/c1-29(17(30)16-13(22)9-24-10-14(16)23)12-6-4-11(5-7-12)8-15(18(31)32)25-19-26-20(33-2)28-21(27-19)34-3/h4-7,9-10,15H,8H2,1-3H3,(H,31,32)(H,25,26,27,28)/t15-/m0/s1. The first-order chi connectivity index (χ1) is 16.2. The zero-order chi connectivity index (χ0) is 24.8. The molecule has 0 saturated carbocycles. The fraction of sp³-hybridized carbons (Fsp3) is 0.238. The van der Waals surface area contributed by atoms with Crippen molar-refractivity contribution in [3.63, 3.8) is 0 Å². The molecule has 2 aromatic heterocycles. The fourth-order valence-corrected chi connectivity index (χ4v) is 3.46. The summed E-state index contributed by atoms with van der Waals surface area (Å²) >= 11 is 12.2. The van der Waals surface area contributed by atoms with E-state index in [1.54, 1.807) is 31.3 Å². The second-order valence-corrected chi connectivity index (χ2v) is 7.69. The Hall–Kier alpha value is -3.70. The van der Waals surface area contributed by atoms with Gasteiger partial charge in [0.1, 0.15) is 6.04 Å². The highest BCUT2D eigenvalue weighted by molar-refractivity contribution is 6.40. The molecule has 0 saturated heterocycles. The zero-order valence-corrected chi connectivity index (χ0v) is 19.8. The third kappa shape index (κ3) is 5.80. The average Bonchev–Trinajstić information content (AvgIpc) is 2.83. The molecule has 11 nitrogen and oxygen atoms in total. The quantitative estimate of drug-likeness (QED) is 0.444. The van der Waals surface area contributed by atoms with E-state index in [9.17, 15) is 14.7 Å². The molecule has 13 heteroatoms. The molecule has 0 bridgehead atoms. The van der Waals surface area contributed by atoms with E-state index in [1.807, 2.05) is 0 Å². The Morgan fingerprint density at radius 3 is 2.09 bits per heavy atom. The van der Waals surface area contributed by atoms with Crippen LogP contribution >= 0.6 is 23.2 Å². The summed E-state index contributed by atoms with van der Waals surface area (Å²) in [7, 11) is 4.31. The molecule has 0 aliphatic heterocycles. The highest BCUT2D eigenvalue weighted by Gasteiger charge is 2.22. The van der Waals surface area contributed by atoms with E-state index in [1.165, 1.54) is 31.5 Å². The van der Waals surface area contributed by atoms with Crippen molar-refractivity contribution in [1.82, 2.24) is 19.9 Å². The van der Waals surface area contributed by atoms with Gasteiger partial charge in [0.15, 0.2) is 0 Å². The van der Waals surface area contributed by atoms with Gasteiger partial charge >= 0.3 is 18.0 Å². The molecule has 0 fully saturated rings. The first-order valence-electron chi connectivity index (χ1n) is 9.72. The number of pyridine rings is 1. The maximum Gasteiger partial charge on any atom is 0.326 e. The first kappa shape index (κ1) is 24.9. The maximum absolute atomic E-state index is 12.8. The van der Waals surface area contributed by atoms with E-state index in [-0.39, 0.29) is 40.0 Å². The number of methoxy groups -OCH3 is 2. The number of ether oxygens (including phenoxy) is 2. The second kappa shape index (κ2) is 10.9. The Bertz CT molecular complexity index is 1150. The maximum atomic E-state index is 12.8. The van der Waals surface area contributed by atoms with Gasteiger partial charge < -0.3 is 24.8 Å². The van der Waals surface area contributed by atoms with E-state index < -0.39 is 17.9 Å². The number of hydrogen-bond acceptors (Lipinski definition) is 9. The molecule has 1 amide bonds. The van der Waals surface area contributed by atoms with E-state index in [0.717, 1.165) is 0 Å². The van der Waals surface area contributed by atoms with Gasteiger partial charge in [0, 0.05) is 31.5 Å². The number of nitrogens with zero attached hydrogens (tertiary/aromatic N) is 5. The highest BCUT2D eigenvalue weighted by Crippen LogP contribution is 2.26. The van der Waals surface area contributed by atoms with Crippen LogP contribution in [0.4, 0.5) is 11.6 Å². The van der Waals surface area contributed by atoms with Crippen molar-refractivity contribution in [1.29, 1.82) is 0 Å². The minimum atomic E-state index is -1.11. The SMILES string of the molecule is COc1nc(N[C@@H](Cc2ccc(N(C)C(=O)c3c(Cl)cncc3Cl)cc2)C(=O)O)nc(OC)n1. The van der Waals surface area contributed by atoms with E-state index in [2.05, 4.69) is 25.3 Å². The van der Waals surface area contributed by atoms with Gasteiger partial charge in [-0.1, -0.05) is 35.3 Å². The fourth-order valence-electron chi connectivity index (χ4n) is 2.93. The number of carboxylic acids is 1. The number of aliphatic carboxylic acids is 1. The monoisotopic (exact) mass is 506 g/mol. The summed E-state index contributed by atoms with van der Waals surface area (Å²) in [6, 6.07) is 5.68. The topological polar surface area (TPSA) is 140 Å². The summed E-state index contributed by atoms with van der Waals surface area (Å²) in [6.45, 7) is 0. The number of carbonyl (C=O) groups excluding carboxylic acids is 1. The van der Waals surface area contributed by atoms with Crippen molar-refractivity contribution in [3.8, 4) is 12.0 Å². The van der Waals surface area contributed by atoms with E-state index in [0.29, 0.717) is 11.3 Å². The summed E-state index contributed by atoms with van der Waals surface area (Å²) < 4.78 is 9.95. The summed E-state index contributed by atoms with van der Waals surface area (Å²) in [4.78, 5) is 41.8. The normalized spacial score (nSPS) is 11.4. The third-order valence-corrected chi connectivity index (χ3v) is 5.27. The predicted molar refractivity (Wildman–Crippen MR) is 125 cm³/mol. The zero-order valence-electron chi connectivity index (χ0n) is 18.3. The van der Waals surface area contributed by atoms with Crippen LogP contribution in [0.1, 0.15) is 15.9 Å². The van der Waals surface area contributed by atoms with Crippen molar-refractivity contribution in [3.05, 3.63) is 57.8 Å². The van der Waals surface area contributed by atoms with Crippen LogP contribution in [-0.2, 0) is 11.2 Å². The number of hydrogen-bond donors (Lipinski definition) is 2. The largest absolute Gasteiger partial charge is 0.480 e. The van der Waals surface area contributed by atoms with E-state index in [4.69, 9.17) is 32.7 Å². The van der Waals surface area contributed by atoms with Crippen molar-refractivity contribution < 1.29 is 24.2 Å². The molecule has 0 aliphatic rings. The minimum absolute atomic E-state index is 0.0100. The lowest BCUT2D eigenvalue weighted by molar-refractivity contribution is -0.137. The number of carboxylic acid groups (broad SMARTS) is 1. The Morgan fingerprint density at radius 2 is 1.59 bits per heavy atom. The lowest BCUT2D eigenvalue weighted by atomic mass is 10.1. The van der Waals surface area contributed by atoms with Gasteiger partial charge in [0.2, 0.25) is 5.95 Å². The molecule has 178 valence electrons. The van der Waals surface area contributed by atoms with Gasteiger partial charge in [-0.3, -0.25) is 9.78 Å². The van der Waals surface area contributed by atoms with Crippen LogP contribution in [0.5, 0.6) is 12.0 Å². The number of aromatic nitrogens is 4. The molecular weight excluding hydrogens is 487 g/mol. The average molecular weight is 507 g/mol. The molecule has 1 atom stereocenters. The van der Waals surface area contributed by atoms with Crippen molar-refractivity contribution in [2.24, 2.45) is 0 Å². The Balaban J connectivity index is 1.75. The Morgan fingerprint density at radius 1 is 1.03 bits per heavy atom.